The molecule has 0 spiro atoms. The van der Waals surface area contributed by atoms with E-state index in [-0.39, 0.29) is 11.4 Å². The molecule has 1 aromatic carbocycles. The molecule has 0 bridgehead atoms. The molecule has 108 valence electrons. The Morgan fingerprint density at radius 1 is 1.40 bits per heavy atom. The molecule has 2 N–H and O–H groups in total. The van der Waals surface area contributed by atoms with Crippen LogP contribution in [0.1, 0.15) is 11.4 Å². The molecule has 2 aromatic rings. The highest BCUT2D eigenvalue weighted by Gasteiger charge is 2.22. The fraction of sp³-hybridized carbons (Fsp3) is 0.308. The van der Waals surface area contributed by atoms with Crippen LogP contribution in [-0.2, 0) is 30.2 Å². The summed E-state index contributed by atoms with van der Waals surface area (Å²) in [4.78, 5) is 4.38. The normalized spacial score (nSPS) is 12.0. The smallest absolute Gasteiger partial charge is 0.243 e. The standard InChI is InChI=1S/C13H18N4O2S/c1-16-7-6-15-13(16)10-17(2)20(18,19)12-5-3-4-11(8-12)9-14/h3-8H,9-10,14H2,1-2H3. The molecular weight excluding hydrogens is 276 g/mol. The quantitative estimate of drug-likeness (QED) is 0.880. The number of hydrogen-bond acceptors (Lipinski definition) is 4. The van der Waals surface area contributed by atoms with Crippen molar-refractivity contribution >= 4 is 10.0 Å². The van der Waals surface area contributed by atoms with Crippen molar-refractivity contribution in [3.8, 4) is 0 Å². The minimum absolute atomic E-state index is 0.221. The Kier molecular flexibility index (Phi) is 4.22. The molecule has 0 saturated carbocycles. The third kappa shape index (κ3) is 2.90. The van der Waals surface area contributed by atoms with E-state index in [9.17, 15) is 8.42 Å². The largest absolute Gasteiger partial charge is 0.337 e. The van der Waals surface area contributed by atoms with Crippen LogP contribution in [0.4, 0.5) is 0 Å². The number of hydrogen-bond donors (Lipinski definition) is 1. The minimum Gasteiger partial charge on any atom is -0.337 e. The summed E-state index contributed by atoms with van der Waals surface area (Å²) in [5.74, 6) is 0.686. The number of aryl methyl sites for hydroxylation is 1. The van der Waals surface area contributed by atoms with Gasteiger partial charge in [0.1, 0.15) is 5.82 Å². The van der Waals surface area contributed by atoms with Gasteiger partial charge in [0, 0.05) is 33.0 Å². The summed E-state index contributed by atoms with van der Waals surface area (Å²) >= 11 is 0. The van der Waals surface area contributed by atoms with Gasteiger partial charge in [-0.05, 0) is 17.7 Å². The maximum Gasteiger partial charge on any atom is 0.243 e. The first kappa shape index (κ1) is 14.7. The van der Waals surface area contributed by atoms with Gasteiger partial charge in [0.2, 0.25) is 10.0 Å². The fourth-order valence-corrected chi connectivity index (χ4v) is 3.04. The molecule has 0 saturated heterocycles. The summed E-state index contributed by atoms with van der Waals surface area (Å²) in [6.45, 7) is 0.533. The maximum atomic E-state index is 12.5. The molecule has 0 unspecified atom stereocenters. The molecule has 0 atom stereocenters. The van der Waals surface area contributed by atoms with Gasteiger partial charge in [0.05, 0.1) is 11.4 Å². The zero-order chi connectivity index (χ0) is 14.8. The lowest BCUT2D eigenvalue weighted by Gasteiger charge is -2.17. The van der Waals surface area contributed by atoms with Gasteiger partial charge in [-0.2, -0.15) is 4.31 Å². The summed E-state index contributed by atoms with van der Waals surface area (Å²) in [5.41, 5.74) is 6.33. The van der Waals surface area contributed by atoms with E-state index < -0.39 is 10.0 Å². The van der Waals surface area contributed by atoms with E-state index >= 15 is 0 Å². The molecule has 0 aliphatic carbocycles. The summed E-state index contributed by atoms with van der Waals surface area (Å²) in [6, 6.07) is 6.68. The van der Waals surface area contributed by atoms with Crippen molar-refractivity contribution in [2.75, 3.05) is 7.05 Å². The molecule has 0 radical (unpaired) electrons. The Morgan fingerprint density at radius 3 is 2.75 bits per heavy atom. The summed E-state index contributed by atoms with van der Waals surface area (Å²) in [7, 11) is -0.168. The number of nitrogens with zero attached hydrogens (tertiary/aromatic N) is 3. The molecule has 6 nitrogen and oxygen atoms in total. The molecule has 0 amide bonds. The fourth-order valence-electron chi connectivity index (χ4n) is 1.85. The lowest BCUT2D eigenvalue weighted by Crippen LogP contribution is -2.27. The highest BCUT2D eigenvalue weighted by atomic mass is 32.2. The van der Waals surface area contributed by atoms with E-state index in [0.717, 1.165) is 5.56 Å². The van der Waals surface area contributed by atoms with Crippen molar-refractivity contribution in [3.05, 3.63) is 48.0 Å². The zero-order valence-electron chi connectivity index (χ0n) is 11.5. The van der Waals surface area contributed by atoms with Gasteiger partial charge in [-0.3, -0.25) is 0 Å². The van der Waals surface area contributed by atoms with Crippen LogP contribution in [0.15, 0.2) is 41.6 Å². The van der Waals surface area contributed by atoms with Crippen LogP contribution in [-0.4, -0.2) is 29.3 Å². The van der Waals surface area contributed by atoms with Crippen molar-refractivity contribution in [3.63, 3.8) is 0 Å². The molecule has 2 rings (SSSR count). The van der Waals surface area contributed by atoms with Gasteiger partial charge in [0.25, 0.3) is 0 Å². The number of sulfonamides is 1. The molecule has 0 fully saturated rings. The van der Waals surface area contributed by atoms with Crippen LogP contribution in [0.3, 0.4) is 0 Å². The lowest BCUT2D eigenvalue weighted by atomic mass is 10.2. The van der Waals surface area contributed by atoms with E-state index in [0.29, 0.717) is 12.4 Å². The van der Waals surface area contributed by atoms with E-state index in [2.05, 4.69) is 4.98 Å². The molecule has 7 heteroatoms. The average molecular weight is 294 g/mol. The Hall–Kier alpha value is -1.70. The first-order valence-electron chi connectivity index (χ1n) is 6.16. The topological polar surface area (TPSA) is 81.2 Å². The van der Waals surface area contributed by atoms with Crippen LogP contribution in [0.2, 0.25) is 0 Å². The molecule has 0 aliphatic heterocycles. The van der Waals surface area contributed by atoms with Gasteiger partial charge in [-0.15, -0.1) is 0 Å². The second-order valence-electron chi connectivity index (χ2n) is 4.57. The van der Waals surface area contributed by atoms with E-state index in [4.69, 9.17) is 5.73 Å². The van der Waals surface area contributed by atoms with Crippen LogP contribution >= 0.6 is 0 Å². The number of benzene rings is 1. The van der Waals surface area contributed by atoms with Gasteiger partial charge < -0.3 is 10.3 Å². The average Bonchev–Trinajstić information content (AvgIpc) is 2.84. The van der Waals surface area contributed by atoms with Crippen LogP contribution in [0.25, 0.3) is 0 Å². The van der Waals surface area contributed by atoms with Gasteiger partial charge in [-0.25, -0.2) is 13.4 Å². The zero-order valence-corrected chi connectivity index (χ0v) is 12.3. The Balaban J connectivity index is 2.27. The predicted molar refractivity (Wildman–Crippen MR) is 76.2 cm³/mol. The van der Waals surface area contributed by atoms with E-state index in [1.165, 1.54) is 4.31 Å². The van der Waals surface area contributed by atoms with Gasteiger partial charge in [0.15, 0.2) is 0 Å². The minimum atomic E-state index is -3.54. The summed E-state index contributed by atoms with van der Waals surface area (Å²) < 4.78 is 28.0. The Labute approximate surface area is 118 Å². The third-order valence-electron chi connectivity index (χ3n) is 3.13. The second kappa shape index (κ2) is 5.74. The third-order valence-corrected chi connectivity index (χ3v) is 4.93. The van der Waals surface area contributed by atoms with Crippen molar-refractivity contribution < 1.29 is 8.42 Å². The van der Waals surface area contributed by atoms with Crippen molar-refractivity contribution in [2.24, 2.45) is 12.8 Å². The first-order valence-corrected chi connectivity index (χ1v) is 7.60. The molecule has 1 aromatic heterocycles. The first-order chi connectivity index (χ1) is 9.45. The van der Waals surface area contributed by atoms with Crippen molar-refractivity contribution in [1.82, 2.24) is 13.9 Å². The number of nitrogens with two attached hydrogens (primary N) is 1. The Morgan fingerprint density at radius 2 is 2.15 bits per heavy atom. The van der Waals surface area contributed by atoms with Gasteiger partial charge in [-0.1, -0.05) is 12.1 Å². The van der Waals surface area contributed by atoms with Gasteiger partial charge >= 0.3 is 0 Å². The molecule has 0 aliphatic rings. The number of imidazole rings is 1. The van der Waals surface area contributed by atoms with Crippen LogP contribution in [0, 0.1) is 0 Å². The predicted octanol–water partition coefficient (Wildman–Crippen LogP) is 0.699. The van der Waals surface area contributed by atoms with E-state index in [1.54, 1.807) is 48.3 Å². The maximum absolute atomic E-state index is 12.5. The molecule has 20 heavy (non-hydrogen) atoms. The summed E-state index contributed by atoms with van der Waals surface area (Å²) in [5, 5.41) is 0. The molecule has 1 heterocycles. The van der Waals surface area contributed by atoms with Crippen molar-refractivity contribution in [2.45, 2.75) is 18.0 Å². The number of aromatic nitrogens is 2. The lowest BCUT2D eigenvalue weighted by molar-refractivity contribution is 0.451. The van der Waals surface area contributed by atoms with Crippen LogP contribution < -0.4 is 5.73 Å². The second-order valence-corrected chi connectivity index (χ2v) is 6.61. The summed E-state index contributed by atoms with van der Waals surface area (Å²) in [6.07, 6.45) is 3.43. The highest BCUT2D eigenvalue weighted by molar-refractivity contribution is 7.89. The molecular formula is C13H18N4O2S. The monoisotopic (exact) mass is 294 g/mol. The van der Waals surface area contributed by atoms with Crippen LogP contribution in [0.5, 0.6) is 0 Å². The highest BCUT2D eigenvalue weighted by Crippen LogP contribution is 2.17. The Bertz CT molecular complexity index is 694. The SMILES string of the molecule is CN(Cc1nccn1C)S(=O)(=O)c1cccc(CN)c1. The van der Waals surface area contributed by atoms with Crippen molar-refractivity contribution in [1.29, 1.82) is 0 Å². The number of rotatable bonds is 5. The van der Waals surface area contributed by atoms with E-state index in [1.807, 2.05) is 7.05 Å².